The van der Waals surface area contributed by atoms with Crippen LogP contribution in [0.2, 0.25) is 0 Å². The molecule has 1 atom stereocenters. The smallest absolute Gasteiger partial charge is 0.236 e. The van der Waals surface area contributed by atoms with Crippen LogP contribution in [0, 0.1) is 6.92 Å². The molecule has 1 aromatic heterocycles. The molecule has 0 aliphatic heterocycles. The minimum absolute atomic E-state index is 0.0943. The minimum atomic E-state index is -0.284. The van der Waals surface area contributed by atoms with E-state index < -0.39 is 0 Å². The lowest BCUT2D eigenvalue weighted by Crippen LogP contribution is -2.48. The molecule has 1 amide bonds. The number of carbonyl (C=O) groups excluding carboxylic acids is 1. The summed E-state index contributed by atoms with van der Waals surface area (Å²) in [5, 5.41) is 9.22. The first-order valence-electron chi connectivity index (χ1n) is 10.2. The summed E-state index contributed by atoms with van der Waals surface area (Å²) >= 11 is 1.45. The van der Waals surface area contributed by atoms with Crippen molar-refractivity contribution >= 4 is 17.7 Å². The van der Waals surface area contributed by atoms with Crippen LogP contribution in [0.15, 0.2) is 59.8 Å². The third-order valence-corrected chi connectivity index (χ3v) is 6.23. The van der Waals surface area contributed by atoms with Gasteiger partial charge in [-0.15, -0.1) is 10.2 Å². The molecule has 0 N–H and O–H groups in total. The Labute approximate surface area is 183 Å². The van der Waals surface area contributed by atoms with Crippen LogP contribution in [-0.2, 0) is 18.4 Å². The summed E-state index contributed by atoms with van der Waals surface area (Å²) in [4.78, 5) is 15.3. The van der Waals surface area contributed by atoms with Gasteiger partial charge in [-0.05, 0) is 45.7 Å². The number of hydrogen-bond donors (Lipinski definition) is 0. The highest BCUT2D eigenvalue weighted by atomic mass is 32.2. The van der Waals surface area contributed by atoms with Crippen LogP contribution < -0.4 is 0 Å². The fourth-order valence-electron chi connectivity index (χ4n) is 3.32. The third kappa shape index (κ3) is 4.93. The van der Waals surface area contributed by atoms with Gasteiger partial charge in [-0.3, -0.25) is 4.79 Å². The van der Waals surface area contributed by atoms with E-state index >= 15 is 0 Å². The van der Waals surface area contributed by atoms with Crippen molar-refractivity contribution in [3.63, 3.8) is 0 Å². The molecule has 158 valence electrons. The molecule has 0 spiro atoms. The number of rotatable bonds is 6. The highest BCUT2D eigenvalue weighted by molar-refractivity contribution is 8.00. The topological polar surface area (TPSA) is 51.0 Å². The molecular weight excluding hydrogens is 392 g/mol. The summed E-state index contributed by atoms with van der Waals surface area (Å²) in [6.45, 7) is 10.8. The monoisotopic (exact) mass is 422 g/mol. The van der Waals surface area contributed by atoms with Gasteiger partial charge in [-0.1, -0.05) is 66.4 Å². The highest BCUT2D eigenvalue weighted by Crippen LogP contribution is 2.29. The number of benzene rings is 2. The van der Waals surface area contributed by atoms with Crippen molar-refractivity contribution in [1.82, 2.24) is 19.7 Å². The fraction of sp³-hybridized carbons (Fsp3) is 0.375. The normalized spacial score (nSPS) is 12.6. The molecule has 0 unspecified atom stereocenters. The first-order chi connectivity index (χ1) is 14.2. The van der Waals surface area contributed by atoms with E-state index in [1.165, 1.54) is 11.8 Å². The van der Waals surface area contributed by atoms with Crippen molar-refractivity contribution < 1.29 is 4.79 Å². The van der Waals surface area contributed by atoms with Crippen molar-refractivity contribution in [3.05, 3.63) is 65.7 Å². The zero-order chi connectivity index (χ0) is 21.9. The molecule has 30 heavy (non-hydrogen) atoms. The van der Waals surface area contributed by atoms with Crippen LogP contribution in [0.5, 0.6) is 0 Å². The molecule has 0 saturated carbocycles. The molecule has 6 heteroatoms. The minimum Gasteiger partial charge on any atom is -0.333 e. The third-order valence-electron chi connectivity index (χ3n) is 5.11. The number of carbonyl (C=O) groups is 1. The summed E-state index contributed by atoms with van der Waals surface area (Å²) in [5.41, 5.74) is 3.04. The standard InChI is InChI=1S/C24H30N4OS/c1-17-12-10-11-15-20(17)21-25-26-23(27(21)6)30-18(2)22(29)28(24(3,4)5)16-19-13-8-7-9-14-19/h7-15,18H,16H2,1-6H3/t18-/m1/s1. The Hall–Kier alpha value is -2.60. The number of thioether (sulfide) groups is 1. The van der Waals surface area contributed by atoms with E-state index in [2.05, 4.69) is 56.1 Å². The average Bonchev–Trinajstić information content (AvgIpc) is 3.06. The molecular formula is C24H30N4OS. The summed E-state index contributed by atoms with van der Waals surface area (Å²) in [6.07, 6.45) is 0. The van der Waals surface area contributed by atoms with Crippen LogP contribution >= 0.6 is 11.8 Å². The van der Waals surface area contributed by atoms with Crippen molar-refractivity contribution in [1.29, 1.82) is 0 Å². The quantitative estimate of drug-likeness (QED) is 0.519. The maximum absolute atomic E-state index is 13.4. The molecule has 3 aromatic rings. The van der Waals surface area contributed by atoms with Crippen molar-refractivity contribution in [3.8, 4) is 11.4 Å². The van der Waals surface area contributed by atoms with E-state index in [9.17, 15) is 4.79 Å². The predicted octanol–water partition coefficient (Wildman–Crippen LogP) is 5.10. The second kappa shape index (κ2) is 9.04. The maximum Gasteiger partial charge on any atom is 0.236 e. The first-order valence-corrected chi connectivity index (χ1v) is 11.0. The van der Waals surface area contributed by atoms with E-state index in [1.807, 2.05) is 59.8 Å². The largest absolute Gasteiger partial charge is 0.333 e. The lowest BCUT2D eigenvalue weighted by molar-refractivity contribution is -0.135. The van der Waals surface area contributed by atoms with Crippen LogP contribution in [0.4, 0.5) is 0 Å². The van der Waals surface area contributed by atoms with E-state index in [1.54, 1.807) is 0 Å². The van der Waals surface area contributed by atoms with E-state index in [4.69, 9.17) is 0 Å². The van der Waals surface area contributed by atoms with Crippen LogP contribution in [0.25, 0.3) is 11.4 Å². The summed E-state index contributed by atoms with van der Waals surface area (Å²) in [7, 11) is 1.95. The van der Waals surface area contributed by atoms with Gasteiger partial charge in [0.25, 0.3) is 0 Å². The molecule has 0 aliphatic rings. The Morgan fingerprint density at radius 3 is 2.33 bits per heavy atom. The van der Waals surface area contributed by atoms with Gasteiger partial charge in [-0.25, -0.2) is 0 Å². The summed E-state index contributed by atoms with van der Waals surface area (Å²) in [6, 6.07) is 18.2. The number of hydrogen-bond acceptors (Lipinski definition) is 4. The number of aromatic nitrogens is 3. The van der Waals surface area contributed by atoms with Gasteiger partial charge in [-0.2, -0.15) is 0 Å². The summed E-state index contributed by atoms with van der Waals surface area (Å²) in [5.74, 6) is 0.906. The van der Waals surface area contributed by atoms with Crippen molar-refractivity contribution in [2.45, 2.75) is 57.1 Å². The molecule has 3 rings (SSSR count). The SMILES string of the molecule is Cc1ccccc1-c1nnc(S[C@H](C)C(=O)N(Cc2ccccc2)C(C)(C)C)n1C. The fourth-order valence-corrected chi connectivity index (χ4v) is 4.19. The van der Waals surface area contributed by atoms with Gasteiger partial charge in [0.15, 0.2) is 11.0 Å². The van der Waals surface area contributed by atoms with Gasteiger partial charge < -0.3 is 9.47 Å². The Balaban J connectivity index is 1.80. The molecule has 5 nitrogen and oxygen atoms in total. The number of aryl methyl sites for hydroxylation is 1. The van der Waals surface area contributed by atoms with Gasteiger partial charge in [0.05, 0.1) is 5.25 Å². The molecule has 0 radical (unpaired) electrons. The van der Waals surface area contributed by atoms with Crippen LogP contribution in [-0.4, -0.2) is 36.4 Å². The second-order valence-corrected chi connectivity index (χ2v) is 9.83. The van der Waals surface area contributed by atoms with Gasteiger partial charge in [0, 0.05) is 24.7 Å². The molecule has 2 aromatic carbocycles. The lowest BCUT2D eigenvalue weighted by Gasteiger charge is -2.37. The highest BCUT2D eigenvalue weighted by Gasteiger charge is 2.31. The van der Waals surface area contributed by atoms with E-state index in [-0.39, 0.29) is 16.7 Å². The average molecular weight is 423 g/mol. The lowest BCUT2D eigenvalue weighted by atomic mass is 10.0. The van der Waals surface area contributed by atoms with Crippen LogP contribution in [0.3, 0.4) is 0 Å². The zero-order valence-electron chi connectivity index (χ0n) is 18.6. The zero-order valence-corrected chi connectivity index (χ0v) is 19.4. The Kier molecular flexibility index (Phi) is 6.66. The molecule has 0 aliphatic carbocycles. The Morgan fingerprint density at radius 2 is 1.70 bits per heavy atom. The molecule has 0 saturated heterocycles. The maximum atomic E-state index is 13.4. The second-order valence-electron chi connectivity index (χ2n) is 8.52. The van der Waals surface area contributed by atoms with E-state index in [0.29, 0.717) is 6.54 Å². The Bertz CT molecular complexity index is 1010. The van der Waals surface area contributed by atoms with E-state index in [0.717, 1.165) is 27.7 Å². The number of nitrogens with zero attached hydrogens (tertiary/aromatic N) is 4. The van der Waals surface area contributed by atoms with Crippen LogP contribution in [0.1, 0.15) is 38.8 Å². The predicted molar refractivity (Wildman–Crippen MR) is 123 cm³/mol. The van der Waals surface area contributed by atoms with Gasteiger partial charge in [0.2, 0.25) is 5.91 Å². The number of amides is 1. The Morgan fingerprint density at radius 1 is 1.07 bits per heavy atom. The molecule has 0 fully saturated rings. The van der Waals surface area contributed by atoms with Crippen molar-refractivity contribution in [2.24, 2.45) is 7.05 Å². The first kappa shape index (κ1) is 22.1. The van der Waals surface area contributed by atoms with Gasteiger partial charge in [0.1, 0.15) is 0 Å². The molecule has 0 bridgehead atoms. The summed E-state index contributed by atoms with van der Waals surface area (Å²) < 4.78 is 1.97. The molecule has 1 heterocycles. The van der Waals surface area contributed by atoms with Crippen molar-refractivity contribution in [2.75, 3.05) is 0 Å². The van der Waals surface area contributed by atoms with Gasteiger partial charge >= 0.3 is 0 Å².